The molecule has 0 spiro atoms. The van der Waals surface area contributed by atoms with Gasteiger partial charge in [-0.15, -0.1) is 0 Å². The van der Waals surface area contributed by atoms with Gasteiger partial charge in [-0.1, -0.05) is 30.3 Å². The number of aromatic nitrogens is 3. The number of fused-ring (bicyclic) bond motifs is 1. The second-order valence-electron chi connectivity index (χ2n) is 7.43. The summed E-state index contributed by atoms with van der Waals surface area (Å²) >= 11 is 0. The zero-order chi connectivity index (χ0) is 19.6. The molecule has 1 N–H and O–H groups in total. The molecule has 1 amide bonds. The zero-order valence-corrected chi connectivity index (χ0v) is 16.0. The third-order valence-electron chi connectivity index (χ3n) is 3.97. The van der Waals surface area contributed by atoms with Crippen molar-refractivity contribution >= 4 is 11.7 Å². The minimum atomic E-state index is -0.605. The van der Waals surface area contributed by atoms with Crippen molar-refractivity contribution in [3.63, 3.8) is 0 Å². The number of nitrogens with zero attached hydrogens (tertiary/aromatic N) is 3. The van der Waals surface area contributed by atoms with E-state index in [1.54, 1.807) is 50.6 Å². The van der Waals surface area contributed by atoms with Crippen LogP contribution in [-0.4, -0.2) is 25.6 Å². The number of nitrogens with one attached hydrogen (secondary N) is 1. The third-order valence-corrected chi connectivity index (χ3v) is 3.97. The average Bonchev–Trinajstić information content (AvgIpc) is 3.05. The summed E-state index contributed by atoms with van der Waals surface area (Å²) in [6.45, 7) is 7.54. The maximum absolute atomic E-state index is 13.0. The molecule has 1 aromatic carbocycles. The molecule has 0 aliphatic heterocycles. The van der Waals surface area contributed by atoms with E-state index in [0.717, 1.165) is 5.56 Å². The van der Waals surface area contributed by atoms with Crippen molar-refractivity contribution in [3.05, 3.63) is 70.5 Å². The Labute approximate surface area is 157 Å². The van der Waals surface area contributed by atoms with Crippen LogP contribution in [0.1, 0.15) is 45.1 Å². The molecule has 0 saturated carbocycles. The Kier molecular flexibility index (Phi) is 5.03. The fraction of sp³-hybridized carbons (Fsp3) is 0.350. The van der Waals surface area contributed by atoms with Gasteiger partial charge in [0.05, 0.1) is 12.6 Å². The summed E-state index contributed by atoms with van der Waals surface area (Å²) in [7, 11) is 0. The molecule has 0 bridgehead atoms. The lowest BCUT2D eigenvalue weighted by molar-refractivity contribution is 0.0504. The van der Waals surface area contributed by atoms with Crippen LogP contribution >= 0.6 is 0 Å². The largest absolute Gasteiger partial charge is 0.444 e. The second kappa shape index (κ2) is 7.26. The summed E-state index contributed by atoms with van der Waals surface area (Å²) in [5.74, 6) is 0.473. The highest BCUT2D eigenvalue weighted by atomic mass is 16.6. The summed E-state index contributed by atoms with van der Waals surface area (Å²) in [5.41, 5.74) is 0.698. The molecule has 0 saturated heterocycles. The molecule has 2 heterocycles. The molecule has 3 rings (SSSR count). The van der Waals surface area contributed by atoms with Gasteiger partial charge >= 0.3 is 11.8 Å². The number of hydrogen-bond donors (Lipinski definition) is 1. The fourth-order valence-electron chi connectivity index (χ4n) is 2.82. The van der Waals surface area contributed by atoms with E-state index in [1.165, 1.54) is 4.40 Å². The van der Waals surface area contributed by atoms with Crippen LogP contribution in [0.5, 0.6) is 0 Å². The highest BCUT2D eigenvalue weighted by molar-refractivity contribution is 5.68. The van der Waals surface area contributed by atoms with Gasteiger partial charge in [-0.2, -0.15) is 0 Å². The second-order valence-corrected chi connectivity index (χ2v) is 7.43. The summed E-state index contributed by atoms with van der Waals surface area (Å²) in [6, 6.07) is 12.7. The van der Waals surface area contributed by atoms with E-state index < -0.39 is 17.7 Å². The lowest BCUT2D eigenvalue weighted by Crippen LogP contribution is -2.38. The Bertz CT molecular complexity index is 999. The maximum atomic E-state index is 13.0. The molecule has 1 atom stereocenters. The first-order chi connectivity index (χ1) is 12.7. The van der Waals surface area contributed by atoms with E-state index in [4.69, 9.17) is 4.74 Å². The van der Waals surface area contributed by atoms with Crippen LogP contribution in [-0.2, 0) is 11.3 Å². The minimum absolute atomic E-state index is 0.207. The predicted octanol–water partition coefficient (Wildman–Crippen LogP) is 3.13. The average molecular weight is 368 g/mol. The van der Waals surface area contributed by atoms with Crippen molar-refractivity contribution in [1.29, 1.82) is 0 Å². The fourth-order valence-corrected chi connectivity index (χ4v) is 2.82. The molecule has 142 valence electrons. The van der Waals surface area contributed by atoms with Gasteiger partial charge in [0.25, 0.3) is 0 Å². The molecule has 27 heavy (non-hydrogen) atoms. The Morgan fingerprint density at radius 1 is 1.19 bits per heavy atom. The maximum Gasteiger partial charge on any atom is 0.408 e. The van der Waals surface area contributed by atoms with Gasteiger partial charge in [0.2, 0.25) is 0 Å². The van der Waals surface area contributed by atoms with E-state index in [9.17, 15) is 9.59 Å². The smallest absolute Gasteiger partial charge is 0.408 e. The normalized spacial score (nSPS) is 12.7. The van der Waals surface area contributed by atoms with Gasteiger partial charge in [-0.25, -0.2) is 14.6 Å². The van der Waals surface area contributed by atoms with Crippen LogP contribution in [0.2, 0.25) is 0 Å². The zero-order valence-electron chi connectivity index (χ0n) is 16.0. The van der Waals surface area contributed by atoms with Crippen molar-refractivity contribution in [1.82, 2.24) is 19.3 Å². The lowest BCUT2D eigenvalue weighted by Gasteiger charge is -2.23. The van der Waals surface area contributed by atoms with E-state index in [-0.39, 0.29) is 5.69 Å². The monoisotopic (exact) mass is 368 g/mol. The van der Waals surface area contributed by atoms with Crippen molar-refractivity contribution < 1.29 is 9.53 Å². The number of benzene rings is 1. The minimum Gasteiger partial charge on any atom is -0.444 e. The standard InChI is InChI=1S/C20H24N4O3/c1-14(21-18(25)27-20(2,3)4)17-22-16-11-8-12-23(16)19(26)24(17)13-15-9-6-5-7-10-15/h5-12,14H,13H2,1-4H3,(H,21,25). The Balaban J connectivity index is 1.98. The molecule has 7 nitrogen and oxygen atoms in total. The van der Waals surface area contributed by atoms with Gasteiger partial charge in [0.1, 0.15) is 17.1 Å². The number of carbonyl (C=O) groups is 1. The Morgan fingerprint density at radius 3 is 2.56 bits per heavy atom. The van der Waals surface area contributed by atoms with Gasteiger partial charge in [0, 0.05) is 6.20 Å². The van der Waals surface area contributed by atoms with Crippen LogP contribution in [0, 0.1) is 0 Å². The topological polar surface area (TPSA) is 77.6 Å². The molecule has 0 fully saturated rings. The molecular weight excluding hydrogens is 344 g/mol. The van der Waals surface area contributed by atoms with Crippen molar-refractivity contribution in [2.45, 2.75) is 45.9 Å². The highest BCUT2D eigenvalue weighted by Crippen LogP contribution is 2.14. The molecular formula is C20H24N4O3. The van der Waals surface area contributed by atoms with E-state index >= 15 is 0 Å². The van der Waals surface area contributed by atoms with Crippen molar-refractivity contribution in [3.8, 4) is 0 Å². The quantitative estimate of drug-likeness (QED) is 0.767. The number of hydrogen-bond acceptors (Lipinski definition) is 4. The molecule has 0 aliphatic carbocycles. The number of rotatable bonds is 4. The van der Waals surface area contributed by atoms with Crippen molar-refractivity contribution in [2.75, 3.05) is 0 Å². The summed E-state index contributed by atoms with van der Waals surface area (Å²) in [5, 5.41) is 2.77. The molecule has 3 aromatic rings. The summed E-state index contributed by atoms with van der Waals surface area (Å²) < 4.78 is 8.39. The number of ether oxygens (including phenoxy) is 1. The highest BCUT2D eigenvalue weighted by Gasteiger charge is 2.22. The predicted molar refractivity (Wildman–Crippen MR) is 103 cm³/mol. The SMILES string of the molecule is CC(NC(=O)OC(C)(C)C)c1nc2cccn2c(=O)n1Cc1ccccc1. The molecule has 2 aromatic heterocycles. The summed E-state index contributed by atoms with van der Waals surface area (Å²) in [6.07, 6.45) is 1.13. The Morgan fingerprint density at radius 2 is 1.89 bits per heavy atom. The van der Waals surface area contributed by atoms with Crippen LogP contribution in [0.25, 0.3) is 5.65 Å². The Hall–Kier alpha value is -3.09. The van der Waals surface area contributed by atoms with Crippen LogP contribution in [0.3, 0.4) is 0 Å². The molecule has 1 unspecified atom stereocenters. The van der Waals surface area contributed by atoms with Gasteiger partial charge in [0.15, 0.2) is 0 Å². The van der Waals surface area contributed by atoms with E-state index in [2.05, 4.69) is 10.3 Å². The van der Waals surface area contributed by atoms with E-state index in [1.807, 2.05) is 30.3 Å². The first-order valence-corrected chi connectivity index (χ1v) is 8.86. The number of carbonyl (C=O) groups excluding carboxylic acids is 1. The molecule has 7 heteroatoms. The van der Waals surface area contributed by atoms with Gasteiger partial charge in [-0.3, -0.25) is 8.97 Å². The number of amides is 1. The lowest BCUT2D eigenvalue weighted by atomic mass is 10.2. The van der Waals surface area contributed by atoms with Crippen LogP contribution in [0.4, 0.5) is 4.79 Å². The van der Waals surface area contributed by atoms with Crippen molar-refractivity contribution in [2.24, 2.45) is 0 Å². The van der Waals surface area contributed by atoms with Gasteiger partial charge < -0.3 is 10.1 Å². The van der Waals surface area contributed by atoms with E-state index in [0.29, 0.717) is 18.0 Å². The molecule has 0 aliphatic rings. The first-order valence-electron chi connectivity index (χ1n) is 8.86. The first kappa shape index (κ1) is 18.7. The van der Waals surface area contributed by atoms with Crippen LogP contribution in [0.15, 0.2) is 53.5 Å². The third kappa shape index (κ3) is 4.36. The number of alkyl carbamates (subject to hydrolysis) is 1. The molecule has 0 radical (unpaired) electrons. The summed E-state index contributed by atoms with van der Waals surface area (Å²) in [4.78, 5) is 29.7. The van der Waals surface area contributed by atoms with Crippen LogP contribution < -0.4 is 11.0 Å². The van der Waals surface area contributed by atoms with Gasteiger partial charge in [-0.05, 0) is 45.4 Å².